The van der Waals surface area contributed by atoms with Crippen LogP contribution in [0.15, 0.2) is 42.7 Å². The highest BCUT2D eigenvalue weighted by Gasteiger charge is 2.06. The average molecular weight is 271 g/mol. The Labute approximate surface area is 118 Å². The van der Waals surface area contributed by atoms with Gasteiger partial charge in [-0.05, 0) is 36.2 Å². The van der Waals surface area contributed by atoms with Crippen molar-refractivity contribution in [1.29, 1.82) is 0 Å². The fourth-order valence-electron chi connectivity index (χ4n) is 1.69. The minimum atomic E-state index is 0.389. The molecule has 1 heterocycles. The van der Waals surface area contributed by atoms with E-state index in [2.05, 4.69) is 4.98 Å². The Hall–Kier alpha value is -2.36. The third kappa shape index (κ3) is 3.82. The zero-order chi connectivity index (χ0) is 14.2. The van der Waals surface area contributed by atoms with E-state index in [9.17, 15) is 4.79 Å². The van der Waals surface area contributed by atoms with Crippen LogP contribution in [0.5, 0.6) is 11.5 Å². The summed E-state index contributed by atoms with van der Waals surface area (Å²) in [5, 5.41) is 0. The largest absolute Gasteiger partial charge is 0.493 e. The molecule has 0 aliphatic heterocycles. The summed E-state index contributed by atoms with van der Waals surface area (Å²) in [4.78, 5) is 15.0. The van der Waals surface area contributed by atoms with Crippen LogP contribution in [0.3, 0.4) is 0 Å². The van der Waals surface area contributed by atoms with Gasteiger partial charge in [0.1, 0.15) is 18.1 Å². The lowest BCUT2D eigenvalue weighted by atomic mass is 10.2. The molecule has 0 saturated heterocycles. The molecule has 2 aromatic rings. The van der Waals surface area contributed by atoms with Crippen molar-refractivity contribution in [3.05, 3.63) is 53.9 Å². The zero-order valence-corrected chi connectivity index (χ0v) is 11.4. The third-order valence-electron chi connectivity index (χ3n) is 2.73. The van der Waals surface area contributed by atoms with E-state index in [0.29, 0.717) is 30.3 Å². The molecule has 0 bridgehead atoms. The lowest BCUT2D eigenvalue weighted by Crippen LogP contribution is -2.00. The van der Waals surface area contributed by atoms with Crippen molar-refractivity contribution in [3.8, 4) is 11.5 Å². The average Bonchev–Trinajstić information content (AvgIpc) is 2.52. The van der Waals surface area contributed by atoms with E-state index in [-0.39, 0.29) is 0 Å². The minimum absolute atomic E-state index is 0.389. The first kappa shape index (κ1) is 14.1. The Bertz CT molecular complexity index is 555. The van der Waals surface area contributed by atoms with Gasteiger partial charge in [-0.15, -0.1) is 0 Å². The number of ether oxygens (including phenoxy) is 2. The van der Waals surface area contributed by atoms with Gasteiger partial charge in [0.05, 0.1) is 12.2 Å². The van der Waals surface area contributed by atoms with Crippen LogP contribution in [-0.4, -0.2) is 17.9 Å². The normalized spacial score (nSPS) is 10.1. The highest BCUT2D eigenvalue weighted by molar-refractivity contribution is 5.79. The topological polar surface area (TPSA) is 48.4 Å². The molecule has 0 fully saturated rings. The van der Waals surface area contributed by atoms with E-state index in [0.717, 1.165) is 18.3 Å². The number of nitrogens with zero attached hydrogens (tertiary/aromatic N) is 1. The van der Waals surface area contributed by atoms with E-state index < -0.39 is 0 Å². The second kappa shape index (κ2) is 7.28. The molecule has 4 nitrogen and oxygen atoms in total. The van der Waals surface area contributed by atoms with Gasteiger partial charge in [-0.25, -0.2) is 0 Å². The predicted molar refractivity (Wildman–Crippen MR) is 76.2 cm³/mol. The van der Waals surface area contributed by atoms with Crippen molar-refractivity contribution in [1.82, 2.24) is 4.98 Å². The minimum Gasteiger partial charge on any atom is -0.493 e. The molecule has 0 spiro atoms. The van der Waals surface area contributed by atoms with Crippen molar-refractivity contribution in [2.45, 2.75) is 20.0 Å². The van der Waals surface area contributed by atoms with Gasteiger partial charge in [-0.3, -0.25) is 9.78 Å². The van der Waals surface area contributed by atoms with E-state index in [1.807, 2.05) is 19.1 Å². The van der Waals surface area contributed by atoms with E-state index in [1.54, 1.807) is 30.6 Å². The van der Waals surface area contributed by atoms with Gasteiger partial charge in [0.2, 0.25) is 0 Å². The quantitative estimate of drug-likeness (QED) is 0.725. The van der Waals surface area contributed by atoms with Crippen LogP contribution < -0.4 is 9.47 Å². The lowest BCUT2D eigenvalue weighted by molar-refractivity contribution is 0.111. The number of hydrogen-bond donors (Lipinski definition) is 0. The zero-order valence-electron chi connectivity index (χ0n) is 11.4. The first-order valence-electron chi connectivity index (χ1n) is 6.57. The molecule has 0 aliphatic carbocycles. The molecular formula is C16H17NO3. The summed E-state index contributed by atoms with van der Waals surface area (Å²) in [6.45, 7) is 3.07. The second-order valence-corrected chi connectivity index (χ2v) is 4.31. The molecule has 0 atom stereocenters. The van der Waals surface area contributed by atoms with Gasteiger partial charge in [0.15, 0.2) is 6.29 Å². The summed E-state index contributed by atoms with van der Waals surface area (Å²) in [7, 11) is 0. The van der Waals surface area contributed by atoms with Crippen LogP contribution in [-0.2, 0) is 6.61 Å². The van der Waals surface area contributed by atoms with Gasteiger partial charge < -0.3 is 9.47 Å². The molecule has 20 heavy (non-hydrogen) atoms. The van der Waals surface area contributed by atoms with Crippen LogP contribution in [0, 0.1) is 0 Å². The summed E-state index contributed by atoms with van der Waals surface area (Å²) in [6, 6.07) is 8.98. The van der Waals surface area contributed by atoms with Crippen molar-refractivity contribution in [2.24, 2.45) is 0 Å². The number of carbonyl (C=O) groups is 1. The highest BCUT2D eigenvalue weighted by atomic mass is 16.5. The Morgan fingerprint density at radius 3 is 2.65 bits per heavy atom. The number of benzene rings is 1. The number of hydrogen-bond acceptors (Lipinski definition) is 4. The van der Waals surface area contributed by atoms with Gasteiger partial charge in [-0.2, -0.15) is 0 Å². The molecule has 2 rings (SSSR count). The Morgan fingerprint density at radius 2 is 1.95 bits per heavy atom. The first-order valence-corrected chi connectivity index (χ1v) is 6.57. The third-order valence-corrected chi connectivity index (χ3v) is 2.73. The van der Waals surface area contributed by atoms with Gasteiger partial charge in [0.25, 0.3) is 0 Å². The molecule has 104 valence electrons. The van der Waals surface area contributed by atoms with E-state index >= 15 is 0 Å². The van der Waals surface area contributed by atoms with Crippen molar-refractivity contribution >= 4 is 6.29 Å². The second-order valence-electron chi connectivity index (χ2n) is 4.31. The fourth-order valence-corrected chi connectivity index (χ4v) is 1.69. The molecule has 0 amide bonds. The van der Waals surface area contributed by atoms with Crippen LogP contribution in [0.4, 0.5) is 0 Å². The van der Waals surface area contributed by atoms with E-state index in [4.69, 9.17) is 9.47 Å². The molecule has 1 aromatic carbocycles. The summed E-state index contributed by atoms with van der Waals surface area (Å²) >= 11 is 0. The number of aldehydes is 1. The molecule has 0 saturated carbocycles. The number of pyridine rings is 1. The molecule has 4 heteroatoms. The maximum Gasteiger partial charge on any atom is 0.153 e. The predicted octanol–water partition coefficient (Wildman–Crippen LogP) is 3.26. The van der Waals surface area contributed by atoms with Crippen molar-refractivity contribution in [3.63, 3.8) is 0 Å². The van der Waals surface area contributed by atoms with Gasteiger partial charge >= 0.3 is 0 Å². The molecule has 0 aliphatic rings. The summed E-state index contributed by atoms with van der Waals surface area (Å²) in [5.74, 6) is 1.24. The Morgan fingerprint density at radius 1 is 1.15 bits per heavy atom. The smallest absolute Gasteiger partial charge is 0.153 e. The summed E-state index contributed by atoms with van der Waals surface area (Å²) < 4.78 is 11.2. The molecule has 0 unspecified atom stereocenters. The van der Waals surface area contributed by atoms with Crippen LogP contribution >= 0.6 is 0 Å². The highest BCUT2D eigenvalue weighted by Crippen LogP contribution is 2.24. The standard InChI is InChI=1S/C16H17NO3/c1-2-9-19-15-4-3-14(11-18)16(10-15)20-12-13-5-7-17-8-6-13/h3-8,10-11H,2,9,12H2,1H3. The maximum absolute atomic E-state index is 11.0. The fraction of sp³-hybridized carbons (Fsp3) is 0.250. The van der Waals surface area contributed by atoms with Crippen LogP contribution in [0.25, 0.3) is 0 Å². The molecule has 0 radical (unpaired) electrons. The lowest BCUT2D eigenvalue weighted by Gasteiger charge is -2.11. The molecule has 1 aromatic heterocycles. The van der Waals surface area contributed by atoms with Gasteiger partial charge in [0, 0.05) is 18.5 Å². The Balaban J connectivity index is 2.09. The number of carbonyl (C=O) groups excluding carboxylic acids is 1. The van der Waals surface area contributed by atoms with Crippen LogP contribution in [0.2, 0.25) is 0 Å². The monoisotopic (exact) mass is 271 g/mol. The number of aromatic nitrogens is 1. The van der Waals surface area contributed by atoms with Crippen LogP contribution in [0.1, 0.15) is 29.3 Å². The van der Waals surface area contributed by atoms with E-state index in [1.165, 1.54) is 0 Å². The maximum atomic E-state index is 11.0. The molecule has 0 N–H and O–H groups in total. The molecular weight excluding hydrogens is 254 g/mol. The SMILES string of the molecule is CCCOc1ccc(C=O)c(OCc2ccncc2)c1. The van der Waals surface area contributed by atoms with Crippen molar-refractivity contribution < 1.29 is 14.3 Å². The Kier molecular flexibility index (Phi) is 5.12. The summed E-state index contributed by atoms with van der Waals surface area (Å²) in [6.07, 6.45) is 5.13. The van der Waals surface area contributed by atoms with Crippen molar-refractivity contribution in [2.75, 3.05) is 6.61 Å². The first-order chi connectivity index (χ1) is 9.83. The van der Waals surface area contributed by atoms with Gasteiger partial charge in [-0.1, -0.05) is 6.92 Å². The summed E-state index contributed by atoms with van der Waals surface area (Å²) in [5.41, 5.74) is 1.51. The number of rotatable bonds is 7.